The molecule has 0 bridgehead atoms. The van der Waals surface area contributed by atoms with Crippen LogP contribution >= 0.6 is 0 Å². The minimum atomic E-state index is -2.22. The number of rotatable bonds is 13. The number of carbonyl (C=O) groups is 4. The highest BCUT2D eigenvalue weighted by Gasteiger charge is 2.56. The van der Waals surface area contributed by atoms with E-state index in [1.165, 1.54) is 0 Å². The molecule has 0 spiro atoms. The van der Waals surface area contributed by atoms with Gasteiger partial charge in [0, 0.05) is 6.54 Å². The zero-order valence-electron chi connectivity index (χ0n) is 27.0. The van der Waals surface area contributed by atoms with Gasteiger partial charge in [0.05, 0.1) is 5.92 Å². The van der Waals surface area contributed by atoms with Gasteiger partial charge >= 0.3 is 18.2 Å². The Morgan fingerprint density at radius 1 is 0.809 bits per heavy atom. The number of hydrogen-bond acceptors (Lipinski definition) is 7. The lowest BCUT2D eigenvalue weighted by Gasteiger charge is -2.53. The molecule has 0 aliphatic carbocycles. The first-order chi connectivity index (χ1) is 22.6. The molecule has 1 aliphatic heterocycles. The van der Waals surface area contributed by atoms with Crippen molar-refractivity contribution in [1.29, 1.82) is 0 Å². The number of benzene rings is 3. The van der Waals surface area contributed by atoms with Crippen molar-refractivity contribution >= 4 is 38.3 Å². The van der Waals surface area contributed by atoms with Gasteiger partial charge in [0.25, 0.3) is 0 Å². The Hall–Kier alpha value is -4.97. The fraction of sp³-hybridized carbons (Fsp3) is 0.343. The van der Waals surface area contributed by atoms with Gasteiger partial charge in [-0.1, -0.05) is 111 Å². The molecule has 1 heterocycles. The number of hydrogen-bond donors (Lipinski definition) is 1. The fourth-order valence-corrected chi connectivity index (χ4v) is 7.37. The summed E-state index contributed by atoms with van der Waals surface area (Å²) in [6.07, 6.45) is -1.23. The second-order valence-electron chi connectivity index (χ2n) is 11.9. The number of ether oxygens (including phenoxy) is 3. The van der Waals surface area contributed by atoms with E-state index < -0.39 is 44.3 Å². The standard InChI is InChI=1S/C35H42N4O7Si/c1-4-47(2,3)39-30(32(41)44-23-26-15-8-5-9-16-26)29(31(39)40)21-14-22-38(35(43)46-25-28-19-12-7-13-20-28)33(36)37-34(42)45-24-27-17-10-6-11-18-27/h5-13,15-20,29-30H,4,14,21-25H2,1-3H3,(H2,36,37,42). The van der Waals surface area contributed by atoms with Crippen LogP contribution in [-0.2, 0) is 43.6 Å². The molecule has 1 fully saturated rings. The third-order valence-electron chi connectivity index (χ3n) is 8.21. The molecule has 47 heavy (non-hydrogen) atoms. The van der Waals surface area contributed by atoms with Gasteiger partial charge in [0.15, 0.2) is 8.24 Å². The molecule has 2 N–H and O–H groups in total. The van der Waals surface area contributed by atoms with E-state index in [-0.39, 0.29) is 45.1 Å². The number of carbonyl (C=O) groups excluding carboxylic acids is 4. The molecule has 4 rings (SSSR count). The summed E-state index contributed by atoms with van der Waals surface area (Å²) in [6, 6.07) is 27.6. The summed E-state index contributed by atoms with van der Waals surface area (Å²) in [5, 5.41) is 0. The highest BCUT2D eigenvalue weighted by molar-refractivity contribution is 6.77. The van der Waals surface area contributed by atoms with E-state index in [1.54, 1.807) is 16.7 Å². The van der Waals surface area contributed by atoms with Gasteiger partial charge in [0.1, 0.15) is 25.9 Å². The first-order valence-electron chi connectivity index (χ1n) is 15.7. The van der Waals surface area contributed by atoms with Crippen LogP contribution in [0.5, 0.6) is 0 Å². The Bertz CT molecular complexity index is 1540. The Labute approximate surface area is 276 Å². The molecule has 2 unspecified atom stereocenters. The first kappa shape index (κ1) is 34.9. The molecule has 1 saturated heterocycles. The van der Waals surface area contributed by atoms with E-state index in [0.717, 1.165) is 27.6 Å². The highest BCUT2D eigenvalue weighted by atomic mass is 28.3. The van der Waals surface area contributed by atoms with Crippen LogP contribution in [0.4, 0.5) is 9.59 Å². The van der Waals surface area contributed by atoms with Crippen LogP contribution in [0, 0.1) is 5.92 Å². The number of β-lactam (4-membered cyclic amide) rings is 1. The molecule has 3 amide bonds. The van der Waals surface area contributed by atoms with E-state index in [4.69, 9.17) is 19.9 Å². The molecule has 1 aliphatic rings. The average molecular weight is 659 g/mol. The number of esters is 1. The summed E-state index contributed by atoms with van der Waals surface area (Å²) in [5.74, 6) is -1.57. The van der Waals surface area contributed by atoms with E-state index in [0.29, 0.717) is 0 Å². The van der Waals surface area contributed by atoms with Crippen molar-refractivity contribution in [2.24, 2.45) is 16.6 Å². The molecular formula is C35H42N4O7Si. The van der Waals surface area contributed by atoms with Crippen molar-refractivity contribution in [2.75, 3.05) is 6.54 Å². The smallest absolute Gasteiger partial charge is 0.437 e. The van der Waals surface area contributed by atoms with Gasteiger partial charge in [-0.2, -0.15) is 0 Å². The van der Waals surface area contributed by atoms with Gasteiger partial charge < -0.3 is 24.5 Å². The quantitative estimate of drug-likeness (QED) is 0.0602. The molecule has 12 heteroatoms. The fourth-order valence-electron chi connectivity index (χ4n) is 5.23. The van der Waals surface area contributed by atoms with Crippen LogP contribution in [0.2, 0.25) is 19.1 Å². The third-order valence-corrected chi connectivity index (χ3v) is 11.7. The molecule has 11 nitrogen and oxygen atoms in total. The SMILES string of the molecule is CC[Si](C)(C)N1C(=O)C(CCCN(C(=O)OCc2ccccc2)/C(N)=N\C(=O)OCc2ccccc2)C1C(=O)OCc1ccccc1. The van der Waals surface area contributed by atoms with Crippen molar-refractivity contribution in [2.45, 2.75) is 64.8 Å². The Kier molecular flexibility index (Phi) is 12.3. The number of nitrogens with two attached hydrogens (primary N) is 1. The van der Waals surface area contributed by atoms with Gasteiger partial charge in [-0.05, 0) is 35.6 Å². The van der Waals surface area contributed by atoms with Gasteiger partial charge in [-0.3, -0.25) is 4.79 Å². The summed E-state index contributed by atoms with van der Waals surface area (Å²) in [6.45, 7) is 6.17. The minimum absolute atomic E-state index is 0.0148. The number of nitrogens with zero attached hydrogens (tertiary/aromatic N) is 3. The average Bonchev–Trinajstić information content (AvgIpc) is 3.08. The molecule has 2 atom stereocenters. The van der Waals surface area contributed by atoms with E-state index >= 15 is 0 Å². The third kappa shape index (κ3) is 9.52. The van der Waals surface area contributed by atoms with Crippen LogP contribution in [0.1, 0.15) is 36.5 Å². The molecule has 3 aromatic rings. The van der Waals surface area contributed by atoms with Crippen LogP contribution in [0.3, 0.4) is 0 Å². The number of aliphatic imine (C=N–C) groups is 1. The van der Waals surface area contributed by atoms with Gasteiger partial charge in [0.2, 0.25) is 11.9 Å². The topological polar surface area (TPSA) is 141 Å². The van der Waals surface area contributed by atoms with Crippen molar-refractivity contribution < 1.29 is 33.4 Å². The maximum atomic E-state index is 13.4. The largest absolute Gasteiger partial charge is 0.459 e. The second-order valence-corrected chi connectivity index (χ2v) is 16.7. The van der Waals surface area contributed by atoms with Crippen molar-refractivity contribution in [3.05, 3.63) is 108 Å². The highest BCUT2D eigenvalue weighted by Crippen LogP contribution is 2.37. The lowest BCUT2D eigenvalue weighted by molar-refractivity contribution is -0.169. The van der Waals surface area contributed by atoms with Crippen molar-refractivity contribution in [1.82, 2.24) is 9.47 Å². The van der Waals surface area contributed by atoms with Crippen LogP contribution < -0.4 is 5.73 Å². The van der Waals surface area contributed by atoms with E-state index in [1.807, 2.05) is 85.8 Å². The lowest BCUT2D eigenvalue weighted by atomic mass is 9.86. The molecule has 3 aromatic carbocycles. The van der Waals surface area contributed by atoms with Gasteiger partial charge in [-0.25, -0.2) is 19.3 Å². The number of guanidine groups is 1. The van der Waals surface area contributed by atoms with Crippen molar-refractivity contribution in [3.8, 4) is 0 Å². The summed E-state index contributed by atoms with van der Waals surface area (Å²) in [5.41, 5.74) is 8.52. The molecule has 0 saturated carbocycles. The Morgan fingerprint density at radius 3 is 1.81 bits per heavy atom. The van der Waals surface area contributed by atoms with E-state index in [9.17, 15) is 19.2 Å². The predicted molar refractivity (Wildman–Crippen MR) is 179 cm³/mol. The predicted octanol–water partition coefficient (Wildman–Crippen LogP) is 5.85. The van der Waals surface area contributed by atoms with Crippen LogP contribution in [0.25, 0.3) is 0 Å². The molecule has 0 radical (unpaired) electrons. The molecule has 248 valence electrons. The lowest BCUT2D eigenvalue weighted by Crippen LogP contribution is -2.72. The zero-order chi connectivity index (χ0) is 33.8. The monoisotopic (exact) mass is 658 g/mol. The molecule has 0 aromatic heterocycles. The Balaban J connectivity index is 1.44. The first-order valence-corrected chi connectivity index (χ1v) is 18.8. The number of amides is 3. The minimum Gasteiger partial charge on any atom is -0.459 e. The molecular weight excluding hydrogens is 616 g/mol. The Morgan fingerprint density at radius 2 is 1.30 bits per heavy atom. The second kappa shape index (κ2) is 16.5. The summed E-state index contributed by atoms with van der Waals surface area (Å²) in [4.78, 5) is 57.3. The summed E-state index contributed by atoms with van der Waals surface area (Å²) >= 11 is 0. The maximum Gasteiger partial charge on any atom is 0.437 e. The summed E-state index contributed by atoms with van der Waals surface area (Å²) < 4.78 is 18.1. The normalized spacial score (nSPS) is 16.2. The van der Waals surface area contributed by atoms with Gasteiger partial charge in [-0.15, -0.1) is 4.99 Å². The van der Waals surface area contributed by atoms with Crippen LogP contribution in [0.15, 0.2) is 96.0 Å². The maximum absolute atomic E-state index is 13.4. The van der Waals surface area contributed by atoms with Crippen molar-refractivity contribution in [3.63, 3.8) is 0 Å². The summed E-state index contributed by atoms with van der Waals surface area (Å²) in [7, 11) is -2.22. The van der Waals surface area contributed by atoms with Crippen LogP contribution in [-0.4, -0.2) is 60.3 Å². The van der Waals surface area contributed by atoms with E-state index in [2.05, 4.69) is 18.1 Å². The zero-order valence-corrected chi connectivity index (χ0v) is 28.0.